The zero-order chi connectivity index (χ0) is 15.1. The summed E-state index contributed by atoms with van der Waals surface area (Å²) >= 11 is 0. The average Bonchev–Trinajstić information content (AvgIpc) is 2.50. The first-order valence-corrected chi connectivity index (χ1v) is 6.84. The first-order valence-electron chi connectivity index (χ1n) is 6.84. The van der Waals surface area contributed by atoms with E-state index in [0.717, 1.165) is 11.8 Å². The van der Waals surface area contributed by atoms with Crippen LogP contribution in [-0.2, 0) is 4.74 Å². The number of hydrogen-bond donors (Lipinski definition) is 2. The number of nitrogens with two attached hydrogens (primary N) is 1. The molecule has 2 rings (SSSR count). The van der Waals surface area contributed by atoms with Crippen LogP contribution in [0.5, 0.6) is 0 Å². The van der Waals surface area contributed by atoms with Gasteiger partial charge in [0.1, 0.15) is 5.69 Å². The molecule has 0 bridgehead atoms. The smallest absolute Gasteiger partial charge is 0.270 e. The Morgan fingerprint density at radius 2 is 2.19 bits per heavy atom. The van der Waals surface area contributed by atoms with Crippen molar-refractivity contribution in [1.82, 2.24) is 10.3 Å². The highest BCUT2D eigenvalue weighted by molar-refractivity contribution is 5.99. The van der Waals surface area contributed by atoms with Crippen LogP contribution in [0.15, 0.2) is 43.0 Å². The van der Waals surface area contributed by atoms with Gasteiger partial charge in [-0.1, -0.05) is 24.3 Å². The number of benzene rings is 1. The van der Waals surface area contributed by atoms with Crippen LogP contribution < -0.4 is 11.1 Å². The van der Waals surface area contributed by atoms with Crippen LogP contribution in [0.1, 0.15) is 16.9 Å². The number of carbonyl (C=O) groups is 1. The average molecular weight is 285 g/mol. The van der Waals surface area contributed by atoms with E-state index < -0.39 is 0 Å². The van der Waals surface area contributed by atoms with Crippen LogP contribution in [0.4, 0.5) is 5.69 Å². The largest absolute Gasteiger partial charge is 0.398 e. The minimum absolute atomic E-state index is 0.250. The van der Waals surface area contributed by atoms with Gasteiger partial charge in [0, 0.05) is 17.6 Å². The second-order valence-electron chi connectivity index (χ2n) is 4.56. The Kier molecular flexibility index (Phi) is 5.29. The van der Waals surface area contributed by atoms with E-state index in [0.29, 0.717) is 36.7 Å². The summed E-state index contributed by atoms with van der Waals surface area (Å²) in [6, 6.07) is 9.06. The van der Waals surface area contributed by atoms with Crippen molar-refractivity contribution in [2.45, 2.75) is 6.42 Å². The summed E-state index contributed by atoms with van der Waals surface area (Å²) in [5.74, 6) is -0.250. The summed E-state index contributed by atoms with van der Waals surface area (Å²) in [4.78, 5) is 16.3. The Bertz CT molecular complexity index is 640. The number of nitrogens with one attached hydrogen (secondary N) is 1. The van der Waals surface area contributed by atoms with Gasteiger partial charge in [0.2, 0.25) is 0 Å². The lowest BCUT2D eigenvalue weighted by Gasteiger charge is -2.08. The van der Waals surface area contributed by atoms with E-state index in [-0.39, 0.29) is 5.91 Å². The topological polar surface area (TPSA) is 77.2 Å². The third-order valence-electron chi connectivity index (χ3n) is 2.98. The van der Waals surface area contributed by atoms with Crippen molar-refractivity contribution >= 4 is 22.5 Å². The highest BCUT2D eigenvalue weighted by Gasteiger charge is 2.10. The molecular formula is C16H19N3O2. The monoisotopic (exact) mass is 285 g/mol. The first-order chi connectivity index (χ1) is 10.2. The molecule has 0 saturated carbocycles. The molecule has 0 spiro atoms. The van der Waals surface area contributed by atoms with Crippen molar-refractivity contribution in [1.29, 1.82) is 0 Å². The molecule has 1 aromatic carbocycles. The summed E-state index contributed by atoms with van der Waals surface area (Å²) in [7, 11) is 0. The van der Waals surface area contributed by atoms with Crippen molar-refractivity contribution in [3.05, 3.63) is 48.7 Å². The molecule has 0 aliphatic carbocycles. The minimum atomic E-state index is -0.250. The standard InChI is InChI=1S/C16H19N3O2/c1-2-3-9-21-10-8-18-16(20)15-11-13(17)12-6-4-5-7-14(12)19-15/h2,4-7,11H,1,3,8-10H2,(H2,17,19)(H,18,20). The Morgan fingerprint density at radius 1 is 1.38 bits per heavy atom. The molecule has 0 unspecified atom stereocenters. The number of nitrogen functional groups attached to an aromatic ring is 1. The fourth-order valence-electron chi connectivity index (χ4n) is 1.91. The third-order valence-corrected chi connectivity index (χ3v) is 2.98. The fraction of sp³-hybridized carbons (Fsp3) is 0.250. The van der Waals surface area contributed by atoms with Crippen LogP contribution in [0.2, 0.25) is 0 Å². The second-order valence-corrected chi connectivity index (χ2v) is 4.56. The van der Waals surface area contributed by atoms with Gasteiger partial charge < -0.3 is 15.8 Å². The number of carbonyl (C=O) groups excluding carboxylic acids is 1. The van der Waals surface area contributed by atoms with Crippen LogP contribution in [0.3, 0.4) is 0 Å². The zero-order valence-electron chi connectivity index (χ0n) is 11.8. The Morgan fingerprint density at radius 3 is 3.00 bits per heavy atom. The number of rotatable bonds is 7. The van der Waals surface area contributed by atoms with E-state index in [1.807, 2.05) is 24.3 Å². The molecule has 1 heterocycles. The van der Waals surface area contributed by atoms with Crippen molar-refractivity contribution in [2.75, 3.05) is 25.5 Å². The van der Waals surface area contributed by atoms with Gasteiger partial charge >= 0.3 is 0 Å². The molecule has 5 heteroatoms. The Balaban J connectivity index is 1.95. The zero-order valence-corrected chi connectivity index (χ0v) is 11.8. The molecule has 21 heavy (non-hydrogen) atoms. The molecule has 5 nitrogen and oxygen atoms in total. The Labute approximate surface area is 123 Å². The number of para-hydroxylation sites is 1. The van der Waals surface area contributed by atoms with Crippen LogP contribution >= 0.6 is 0 Å². The molecule has 1 aromatic heterocycles. The highest BCUT2D eigenvalue weighted by Crippen LogP contribution is 2.19. The number of nitrogens with zero attached hydrogens (tertiary/aromatic N) is 1. The van der Waals surface area contributed by atoms with Gasteiger partial charge in [0.05, 0.1) is 18.7 Å². The number of anilines is 1. The van der Waals surface area contributed by atoms with Crippen LogP contribution in [0, 0.1) is 0 Å². The van der Waals surface area contributed by atoms with E-state index in [1.54, 1.807) is 12.1 Å². The van der Waals surface area contributed by atoms with Crippen LogP contribution in [-0.4, -0.2) is 30.6 Å². The molecule has 0 aliphatic heterocycles. The van der Waals surface area contributed by atoms with Gasteiger partial charge in [0.15, 0.2) is 0 Å². The Hall–Kier alpha value is -2.40. The fourth-order valence-corrected chi connectivity index (χ4v) is 1.91. The van der Waals surface area contributed by atoms with Gasteiger partial charge in [-0.05, 0) is 18.6 Å². The number of pyridine rings is 1. The predicted octanol–water partition coefficient (Wildman–Crippen LogP) is 2.14. The lowest BCUT2D eigenvalue weighted by molar-refractivity contribution is 0.0913. The van der Waals surface area contributed by atoms with E-state index in [9.17, 15) is 4.79 Å². The molecule has 0 radical (unpaired) electrons. The number of ether oxygens (including phenoxy) is 1. The SMILES string of the molecule is C=CCCOCCNC(=O)c1cc(N)c2ccccc2n1. The van der Waals surface area contributed by atoms with Crippen molar-refractivity contribution in [3.8, 4) is 0 Å². The third kappa shape index (κ3) is 4.03. The summed E-state index contributed by atoms with van der Waals surface area (Å²) in [6.45, 7) is 5.12. The van der Waals surface area contributed by atoms with Gasteiger partial charge in [-0.25, -0.2) is 4.98 Å². The minimum Gasteiger partial charge on any atom is -0.398 e. The normalized spacial score (nSPS) is 10.5. The molecular weight excluding hydrogens is 266 g/mol. The first kappa shape index (κ1) is 15.0. The number of aromatic nitrogens is 1. The molecule has 0 fully saturated rings. The maximum Gasteiger partial charge on any atom is 0.270 e. The van der Waals surface area contributed by atoms with Crippen LogP contribution in [0.25, 0.3) is 10.9 Å². The van der Waals surface area contributed by atoms with E-state index >= 15 is 0 Å². The van der Waals surface area contributed by atoms with E-state index in [1.165, 1.54) is 0 Å². The molecule has 0 saturated heterocycles. The van der Waals surface area contributed by atoms with Gasteiger partial charge in [-0.2, -0.15) is 0 Å². The molecule has 3 N–H and O–H groups in total. The predicted molar refractivity (Wildman–Crippen MR) is 84.1 cm³/mol. The maximum absolute atomic E-state index is 12.0. The lowest BCUT2D eigenvalue weighted by Crippen LogP contribution is -2.28. The van der Waals surface area contributed by atoms with Crippen molar-refractivity contribution in [3.63, 3.8) is 0 Å². The number of fused-ring (bicyclic) bond motifs is 1. The molecule has 110 valence electrons. The summed E-state index contributed by atoms with van der Waals surface area (Å²) in [5, 5.41) is 3.61. The van der Waals surface area contributed by atoms with E-state index in [2.05, 4.69) is 16.9 Å². The van der Waals surface area contributed by atoms with Gasteiger partial charge in [-0.3, -0.25) is 4.79 Å². The van der Waals surface area contributed by atoms with Crippen molar-refractivity contribution < 1.29 is 9.53 Å². The lowest BCUT2D eigenvalue weighted by atomic mass is 10.1. The van der Waals surface area contributed by atoms with Gasteiger partial charge in [0.25, 0.3) is 5.91 Å². The highest BCUT2D eigenvalue weighted by atomic mass is 16.5. The quantitative estimate of drug-likeness (QED) is 0.603. The summed E-state index contributed by atoms with van der Waals surface area (Å²) in [5.41, 5.74) is 7.53. The molecule has 0 atom stereocenters. The summed E-state index contributed by atoms with van der Waals surface area (Å²) < 4.78 is 5.32. The molecule has 0 aliphatic rings. The number of amides is 1. The van der Waals surface area contributed by atoms with Gasteiger partial charge in [-0.15, -0.1) is 6.58 Å². The second kappa shape index (κ2) is 7.40. The van der Waals surface area contributed by atoms with Crippen molar-refractivity contribution in [2.24, 2.45) is 0 Å². The number of hydrogen-bond acceptors (Lipinski definition) is 4. The molecule has 2 aromatic rings. The van der Waals surface area contributed by atoms with E-state index in [4.69, 9.17) is 10.5 Å². The maximum atomic E-state index is 12.0. The molecule has 1 amide bonds. The summed E-state index contributed by atoms with van der Waals surface area (Å²) in [6.07, 6.45) is 2.59.